The van der Waals surface area contributed by atoms with Gasteiger partial charge >= 0.3 is 0 Å². The van der Waals surface area contributed by atoms with Gasteiger partial charge in [0.15, 0.2) is 5.60 Å². The Morgan fingerprint density at radius 1 is 1.18 bits per heavy atom. The number of carbonyl (C=O) groups excluding carboxylic acids is 2. The van der Waals surface area contributed by atoms with E-state index in [4.69, 9.17) is 16.3 Å². The third-order valence-corrected chi connectivity index (χ3v) is 8.24. The Balaban J connectivity index is 1.38. The van der Waals surface area contributed by atoms with Crippen molar-refractivity contribution in [2.45, 2.75) is 36.3 Å². The lowest BCUT2D eigenvalue weighted by Gasteiger charge is -2.40. The predicted octanol–water partition coefficient (Wildman–Crippen LogP) is 4.37. The summed E-state index contributed by atoms with van der Waals surface area (Å²) < 4.78 is 33.6. The van der Waals surface area contributed by atoms with Crippen LogP contribution in [0.4, 0.5) is 14.5 Å². The molecule has 2 aliphatic rings. The van der Waals surface area contributed by atoms with Gasteiger partial charge in [0.05, 0.1) is 18.4 Å². The molecule has 0 unspecified atom stereocenters. The van der Waals surface area contributed by atoms with E-state index in [1.807, 2.05) is 0 Å². The number of methoxy groups -OCH3 is 1. The largest absolute Gasteiger partial charge is 0.497 e. The summed E-state index contributed by atoms with van der Waals surface area (Å²) in [7, 11) is 1.52. The number of anilines is 1. The molecule has 2 N–H and O–H groups in total. The maximum atomic E-state index is 14.2. The van der Waals surface area contributed by atoms with Gasteiger partial charge in [0.25, 0.3) is 11.8 Å². The Hall–Kier alpha value is -3.56. The van der Waals surface area contributed by atoms with Crippen molar-refractivity contribution in [1.29, 1.82) is 0 Å². The van der Waals surface area contributed by atoms with Gasteiger partial charge < -0.3 is 20.1 Å². The first-order chi connectivity index (χ1) is 18.7. The molecule has 1 saturated carbocycles. The van der Waals surface area contributed by atoms with E-state index >= 15 is 0 Å². The third kappa shape index (κ3) is 4.96. The Kier molecular flexibility index (Phi) is 7.55. The van der Waals surface area contributed by atoms with Crippen LogP contribution in [0.25, 0.3) is 0 Å². The molecule has 0 bridgehead atoms. The molecule has 7 nitrogen and oxygen atoms in total. The van der Waals surface area contributed by atoms with Crippen LogP contribution in [0.5, 0.6) is 5.75 Å². The molecule has 0 spiro atoms. The minimum atomic E-state index is -2.70. The van der Waals surface area contributed by atoms with E-state index in [0.29, 0.717) is 22.6 Å². The second-order valence-electron chi connectivity index (χ2n) is 9.94. The van der Waals surface area contributed by atoms with E-state index in [-0.39, 0.29) is 24.9 Å². The molecular weight excluding hydrogens is 528 g/mol. The lowest BCUT2D eigenvalue weighted by Crippen LogP contribution is -2.52. The van der Waals surface area contributed by atoms with E-state index in [0.717, 1.165) is 0 Å². The Morgan fingerprint density at radius 3 is 2.59 bits per heavy atom. The lowest BCUT2D eigenvalue weighted by atomic mass is 9.77. The fourth-order valence-corrected chi connectivity index (χ4v) is 5.99. The monoisotopic (exact) mass is 555 g/mol. The van der Waals surface area contributed by atoms with Crippen molar-refractivity contribution in [3.05, 3.63) is 89.7 Å². The van der Waals surface area contributed by atoms with Crippen LogP contribution in [0.2, 0.25) is 0 Å². The normalized spacial score (nSPS) is 26.4. The molecule has 2 amide bonds. The molecule has 5 atom stereocenters. The Bertz CT molecular complexity index is 1340. The van der Waals surface area contributed by atoms with Crippen molar-refractivity contribution < 1.29 is 28.2 Å². The summed E-state index contributed by atoms with van der Waals surface area (Å²) in [4.78, 5) is 31.8. The number of aromatic nitrogens is 1. The SMILES string of the molecule is COc1ccc([C@]2(O)C(=O)N(C[C@H]3C[C@@H](C(F)F)[C@H](NC(=O)c4cccnc4)C[C@H]3Cl)c3ccccc32)cc1. The second-order valence-corrected chi connectivity index (χ2v) is 10.5. The zero-order chi connectivity index (χ0) is 27.7. The number of carbonyl (C=O) groups is 2. The van der Waals surface area contributed by atoms with Gasteiger partial charge in [-0.05, 0) is 54.7 Å². The highest BCUT2D eigenvalue weighted by atomic mass is 35.5. The molecule has 3 aromatic rings. The smallest absolute Gasteiger partial charge is 0.268 e. The average Bonchev–Trinajstić information content (AvgIpc) is 3.17. The van der Waals surface area contributed by atoms with Gasteiger partial charge in [0.2, 0.25) is 6.43 Å². The number of nitrogens with one attached hydrogen (secondary N) is 1. The number of aliphatic hydroxyl groups is 1. The molecule has 10 heteroatoms. The van der Waals surface area contributed by atoms with Gasteiger partial charge in [-0.15, -0.1) is 11.6 Å². The fourth-order valence-electron chi connectivity index (χ4n) is 5.62. The molecule has 1 aliphatic heterocycles. The van der Waals surface area contributed by atoms with Crippen LogP contribution < -0.4 is 15.0 Å². The van der Waals surface area contributed by atoms with E-state index in [9.17, 15) is 23.5 Å². The van der Waals surface area contributed by atoms with Gasteiger partial charge in [-0.25, -0.2) is 8.78 Å². The van der Waals surface area contributed by atoms with Crippen LogP contribution in [0.15, 0.2) is 73.1 Å². The number of rotatable bonds is 7. The predicted molar refractivity (Wildman–Crippen MR) is 142 cm³/mol. The number of benzene rings is 2. The average molecular weight is 556 g/mol. The van der Waals surface area contributed by atoms with Crippen LogP contribution in [0.1, 0.15) is 34.3 Å². The topological polar surface area (TPSA) is 91.8 Å². The molecule has 1 aromatic heterocycles. The maximum Gasteiger partial charge on any atom is 0.268 e. The molecule has 2 aromatic carbocycles. The van der Waals surface area contributed by atoms with Crippen molar-refractivity contribution in [3.63, 3.8) is 0 Å². The van der Waals surface area contributed by atoms with Gasteiger partial charge in [-0.1, -0.05) is 30.3 Å². The van der Waals surface area contributed by atoms with Crippen molar-refractivity contribution in [3.8, 4) is 5.75 Å². The standard InChI is InChI=1S/C29H28ClF2N3O4/c1-39-20-10-8-19(9-11-20)29(38)22-6-2-3-7-25(22)35(28(29)37)16-18-13-21(26(31)32)24(14-23(18)30)34-27(36)17-5-4-12-33-15-17/h2-12,15,18,21,23-24,26,38H,13-14,16H2,1H3,(H,34,36)/t18-,21-,23-,24-,29-/m1/s1. The summed E-state index contributed by atoms with van der Waals surface area (Å²) in [6.45, 7) is 0.0506. The van der Waals surface area contributed by atoms with Crippen molar-refractivity contribution >= 4 is 29.1 Å². The van der Waals surface area contributed by atoms with E-state index in [1.165, 1.54) is 24.4 Å². The first-order valence-corrected chi connectivity index (χ1v) is 13.1. The van der Waals surface area contributed by atoms with Gasteiger partial charge in [-0.3, -0.25) is 14.6 Å². The number of amides is 2. The lowest BCUT2D eigenvalue weighted by molar-refractivity contribution is -0.132. The molecule has 204 valence electrons. The molecule has 2 heterocycles. The summed E-state index contributed by atoms with van der Waals surface area (Å²) >= 11 is 6.73. The first kappa shape index (κ1) is 27.0. The summed E-state index contributed by atoms with van der Waals surface area (Å²) in [6.07, 6.45) is 0.299. The number of hydrogen-bond donors (Lipinski definition) is 2. The van der Waals surface area contributed by atoms with Crippen molar-refractivity contribution in [2.24, 2.45) is 11.8 Å². The molecule has 0 saturated heterocycles. The summed E-state index contributed by atoms with van der Waals surface area (Å²) in [5.74, 6) is -2.13. The minimum Gasteiger partial charge on any atom is -0.497 e. The van der Waals surface area contributed by atoms with Crippen LogP contribution >= 0.6 is 11.6 Å². The van der Waals surface area contributed by atoms with Gasteiger partial charge in [0.1, 0.15) is 5.75 Å². The number of halogens is 3. The molecule has 0 radical (unpaired) electrons. The zero-order valence-electron chi connectivity index (χ0n) is 21.1. The quantitative estimate of drug-likeness (QED) is 0.423. The van der Waals surface area contributed by atoms with Crippen LogP contribution in [0, 0.1) is 11.8 Å². The second kappa shape index (κ2) is 10.9. The molecule has 1 aliphatic carbocycles. The van der Waals surface area contributed by atoms with Crippen molar-refractivity contribution in [1.82, 2.24) is 10.3 Å². The summed E-state index contributed by atoms with van der Waals surface area (Å²) in [6, 6.07) is 15.8. The number of alkyl halides is 3. The minimum absolute atomic E-state index is 0.00324. The third-order valence-electron chi connectivity index (χ3n) is 7.71. The van der Waals surface area contributed by atoms with Gasteiger partial charge in [-0.2, -0.15) is 0 Å². The van der Waals surface area contributed by atoms with Crippen LogP contribution in [0.3, 0.4) is 0 Å². The van der Waals surface area contributed by atoms with Gasteiger partial charge in [0, 0.05) is 41.8 Å². The Morgan fingerprint density at radius 2 is 1.92 bits per heavy atom. The highest BCUT2D eigenvalue weighted by Crippen LogP contribution is 2.46. The number of nitrogens with zero attached hydrogens (tertiary/aromatic N) is 2. The highest BCUT2D eigenvalue weighted by molar-refractivity contribution is 6.21. The molecule has 1 fully saturated rings. The number of para-hydroxylation sites is 1. The molecule has 5 rings (SSSR count). The number of hydrogen-bond acceptors (Lipinski definition) is 5. The first-order valence-electron chi connectivity index (χ1n) is 12.7. The van der Waals surface area contributed by atoms with Crippen LogP contribution in [-0.4, -0.2) is 53.4 Å². The molecular formula is C29H28ClF2N3O4. The van der Waals surface area contributed by atoms with Crippen molar-refractivity contribution in [2.75, 3.05) is 18.6 Å². The van der Waals surface area contributed by atoms with E-state index in [2.05, 4.69) is 10.3 Å². The van der Waals surface area contributed by atoms with E-state index < -0.39 is 47.1 Å². The fraction of sp³-hybridized carbons (Fsp3) is 0.345. The molecule has 39 heavy (non-hydrogen) atoms. The number of ether oxygens (including phenoxy) is 1. The van der Waals surface area contributed by atoms with E-state index in [1.54, 1.807) is 60.7 Å². The summed E-state index contributed by atoms with van der Waals surface area (Å²) in [5, 5.41) is 13.9. The number of pyridine rings is 1. The Labute approximate surface area is 229 Å². The van der Waals surface area contributed by atoms with Crippen LogP contribution in [-0.2, 0) is 10.4 Å². The highest BCUT2D eigenvalue weighted by Gasteiger charge is 2.52. The summed E-state index contributed by atoms with van der Waals surface area (Å²) in [5.41, 5.74) is -0.380. The maximum absolute atomic E-state index is 14.2. The zero-order valence-corrected chi connectivity index (χ0v) is 21.9. The number of fused-ring (bicyclic) bond motifs is 1.